The summed E-state index contributed by atoms with van der Waals surface area (Å²) in [6.45, 7) is 0. The standard InChI is InChI=1S/C15H9Br2F3S/c16-12-7-5-10(6-8-12)14-9-11-3-1-2-4-13(11)21(14,17)15(18,19)20/h1-9H. The van der Waals surface area contributed by atoms with E-state index in [4.69, 9.17) is 0 Å². The third-order valence-corrected chi connectivity index (χ3v) is 9.56. The zero-order valence-corrected chi connectivity index (χ0v) is 14.5. The predicted molar refractivity (Wildman–Crippen MR) is 89.3 cm³/mol. The Labute approximate surface area is 137 Å². The van der Waals surface area contributed by atoms with E-state index in [0.717, 1.165) is 4.47 Å². The molecule has 2 aromatic carbocycles. The highest BCUT2D eigenvalue weighted by atomic mass is 79.9. The molecule has 1 aliphatic heterocycles. The lowest BCUT2D eigenvalue weighted by Gasteiger charge is -2.35. The SMILES string of the molecule is FC(F)(F)S1(Br)C(c2ccc(Br)cc2)=Cc2ccccc21. The molecule has 0 bridgehead atoms. The Morgan fingerprint density at radius 1 is 0.905 bits per heavy atom. The molecule has 0 aliphatic carbocycles. The van der Waals surface area contributed by atoms with Crippen LogP contribution in [0.1, 0.15) is 11.1 Å². The summed E-state index contributed by atoms with van der Waals surface area (Å²) >= 11 is 6.37. The molecule has 1 heterocycles. The molecule has 0 aromatic heterocycles. The molecule has 6 heteroatoms. The van der Waals surface area contributed by atoms with Gasteiger partial charge in [0.25, 0.3) is 0 Å². The van der Waals surface area contributed by atoms with Crippen LogP contribution in [0, 0.1) is 0 Å². The number of rotatable bonds is 1. The van der Waals surface area contributed by atoms with Gasteiger partial charge in [-0.25, -0.2) is 0 Å². The minimum absolute atomic E-state index is 0.295. The molecule has 0 nitrogen and oxygen atoms in total. The van der Waals surface area contributed by atoms with Crippen LogP contribution in [0.15, 0.2) is 57.9 Å². The molecule has 0 radical (unpaired) electrons. The summed E-state index contributed by atoms with van der Waals surface area (Å²) in [6, 6.07) is 13.6. The smallest absolute Gasteiger partial charge is 0.160 e. The second-order valence-corrected chi connectivity index (χ2v) is 10.8. The predicted octanol–water partition coefficient (Wildman–Crippen LogP) is 6.95. The number of fused-ring (bicyclic) bond motifs is 1. The largest absolute Gasteiger partial charge is 0.442 e. The van der Waals surface area contributed by atoms with Crippen molar-refractivity contribution in [1.82, 2.24) is 0 Å². The summed E-state index contributed by atoms with van der Waals surface area (Å²) in [6.07, 6.45) is 1.64. The van der Waals surface area contributed by atoms with Crippen LogP contribution in [0.5, 0.6) is 0 Å². The normalized spacial score (nSPS) is 24.1. The molecule has 1 atom stereocenters. The van der Waals surface area contributed by atoms with Crippen LogP contribution in [0.4, 0.5) is 13.2 Å². The summed E-state index contributed by atoms with van der Waals surface area (Å²) in [5, 5.41) is 0. The van der Waals surface area contributed by atoms with Gasteiger partial charge in [-0.15, -0.1) is 0 Å². The maximum atomic E-state index is 13.8. The van der Waals surface area contributed by atoms with Gasteiger partial charge in [0.1, 0.15) is 0 Å². The second-order valence-electron chi connectivity index (χ2n) is 4.54. The van der Waals surface area contributed by atoms with Gasteiger partial charge in [-0.05, 0) is 58.7 Å². The Balaban J connectivity index is 2.23. The highest BCUT2D eigenvalue weighted by molar-refractivity contribution is 9.59. The number of alkyl halides is 3. The Hall–Kier alpha value is -0.720. The van der Waals surface area contributed by atoms with Crippen molar-refractivity contribution in [2.24, 2.45) is 0 Å². The van der Waals surface area contributed by atoms with Crippen LogP contribution in [-0.4, -0.2) is 5.51 Å². The van der Waals surface area contributed by atoms with Crippen LogP contribution in [0.3, 0.4) is 0 Å². The van der Waals surface area contributed by atoms with Crippen molar-refractivity contribution in [2.45, 2.75) is 10.4 Å². The van der Waals surface area contributed by atoms with E-state index in [0.29, 0.717) is 20.9 Å². The van der Waals surface area contributed by atoms with Crippen molar-refractivity contribution in [3.05, 3.63) is 64.1 Å². The maximum Gasteiger partial charge on any atom is 0.442 e. The fourth-order valence-corrected chi connectivity index (χ4v) is 6.50. The summed E-state index contributed by atoms with van der Waals surface area (Å²) in [7, 11) is -3.23. The monoisotopic (exact) mass is 436 g/mol. The average molecular weight is 438 g/mol. The molecule has 0 N–H and O–H groups in total. The highest BCUT2D eigenvalue weighted by Crippen LogP contribution is 2.83. The van der Waals surface area contributed by atoms with Crippen molar-refractivity contribution in [2.75, 3.05) is 0 Å². The van der Waals surface area contributed by atoms with Crippen molar-refractivity contribution in [1.29, 1.82) is 0 Å². The van der Waals surface area contributed by atoms with Crippen molar-refractivity contribution < 1.29 is 13.2 Å². The zero-order chi connectivity index (χ0) is 15.3. The first-order valence-corrected chi connectivity index (χ1v) is 10.3. The summed E-state index contributed by atoms with van der Waals surface area (Å²) in [4.78, 5) is 0.610. The minimum atomic E-state index is -4.35. The number of halogens is 5. The molecular formula is C15H9Br2F3S. The van der Waals surface area contributed by atoms with Gasteiger partial charge in [0.15, 0.2) is 0 Å². The first-order chi connectivity index (χ1) is 9.84. The lowest BCUT2D eigenvalue weighted by Crippen LogP contribution is -2.15. The van der Waals surface area contributed by atoms with Crippen molar-refractivity contribution >= 4 is 50.2 Å². The van der Waals surface area contributed by atoms with Gasteiger partial charge in [-0.1, -0.05) is 46.3 Å². The van der Waals surface area contributed by atoms with Crippen LogP contribution in [0.2, 0.25) is 0 Å². The molecule has 110 valence electrons. The van der Waals surface area contributed by atoms with Gasteiger partial charge in [-0.2, -0.15) is 13.2 Å². The fourth-order valence-electron chi connectivity index (χ4n) is 2.31. The van der Waals surface area contributed by atoms with Gasteiger partial charge in [-0.3, -0.25) is 0 Å². The highest BCUT2D eigenvalue weighted by Gasteiger charge is 2.55. The number of hydrogen-bond donors (Lipinski definition) is 0. The third kappa shape index (κ3) is 2.37. The second kappa shape index (κ2) is 5.18. The fraction of sp³-hybridized carbons (Fsp3) is 0.0667. The summed E-state index contributed by atoms with van der Waals surface area (Å²) in [5.41, 5.74) is -3.14. The molecular weight excluding hydrogens is 429 g/mol. The first-order valence-electron chi connectivity index (χ1n) is 6.00. The molecule has 0 fully saturated rings. The van der Waals surface area contributed by atoms with Crippen LogP contribution in [-0.2, 0) is 0 Å². The number of hydrogen-bond acceptors (Lipinski definition) is 0. The van der Waals surface area contributed by atoms with Crippen molar-refractivity contribution in [3.8, 4) is 0 Å². The van der Waals surface area contributed by atoms with E-state index >= 15 is 0 Å². The van der Waals surface area contributed by atoms with E-state index in [1.807, 2.05) is 0 Å². The lowest BCUT2D eigenvalue weighted by atomic mass is 10.1. The molecule has 2 aromatic rings. The Bertz CT molecular complexity index is 722. The van der Waals surface area contributed by atoms with E-state index in [-0.39, 0.29) is 0 Å². The van der Waals surface area contributed by atoms with E-state index in [1.165, 1.54) is 0 Å². The summed E-state index contributed by atoms with van der Waals surface area (Å²) < 4.78 is 42.2. The molecule has 0 spiro atoms. The molecule has 1 unspecified atom stereocenters. The zero-order valence-electron chi connectivity index (χ0n) is 10.5. The molecule has 0 amide bonds. The van der Waals surface area contributed by atoms with E-state index < -0.39 is 14.0 Å². The van der Waals surface area contributed by atoms with Crippen molar-refractivity contribution in [3.63, 3.8) is 0 Å². The van der Waals surface area contributed by atoms with Crippen LogP contribution < -0.4 is 0 Å². The van der Waals surface area contributed by atoms with Gasteiger partial charge < -0.3 is 0 Å². The van der Waals surface area contributed by atoms with Gasteiger partial charge in [0.2, 0.25) is 0 Å². The lowest BCUT2D eigenvalue weighted by molar-refractivity contribution is -0.0350. The van der Waals surface area contributed by atoms with Gasteiger partial charge in [0, 0.05) is 14.3 Å². The Morgan fingerprint density at radius 2 is 1.52 bits per heavy atom. The molecule has 21 heavy (non-hydrogen) atoms. The average Bonchev–Trinajstić information content (AvgIpc) is 2.75. The van der Waals surface area contributed by atoms with Gasteiger partial charge in [0.05, 0.1) is 0 Å². The topological polar surface area (TPSA) is 0 Å². The van der Waals surface area contributed by atoms with Crippen LogP contribution in [0.25, 0.3) is 11.0 Å². The van der Waals surface area contributed by atoms with E-state index in [9.17, 15) is 13.2 Å². The molecule has 1 aliphatic rings. The van der Waals surface area contributed by atoms with Crippen LogP contribution >= 0.6 is 39.2 Å². The minimum Gasteiger partial charge on any atom is -0.160 e. The summed E-state index contributed by atoms with van der Waals surface area (Å²) in [5.74, 6) is 0. The first kappa shape index (κ1) is 15.2. The van der Waals surface area contributed by atoms with E-state index in [2.05, 4.69) is 30.7 Å². The maximum absolute atomic E-state index is 13.8. The Kier molecular flexibility index (Phi) is 3.74. The third-order valence-electron chi connectivity index (χ3n) is 3.26. The Morgan fingerprint density at radius 3 is 2.14 bits per heavy atom. The number of benzene rings is 2. The molecule has 0 saturated carbocycles. The molecule has 0 saturated heterocycles. The quantitative estimate of drug-likeness (QED) is 0.452. The van der Waals surface area contributed by atoms with Gasteiger partial charge >= 0.3 is 5.51 Å². The van der Waals surface area contributed by atoms with E-state index in [1.54, 1.807) is 54.6 Å². The molecule has 3 rings (SSSR count).